The summed E-state index contributed by atoms with van der Waals surface area (Å²) in [5, 5.41) is 0. The maximum absolute atomic E-state index is 13.5. The lowest BCUT2D eigenvalue weighted by atomic mass is 9.94. The van der Waals surface area contributed by atoms with Gasteiger partial charge in [-0.15, -0.1) is 0 Å². The third kappa shape index (κ3) is 3.11. The zero-order valence-electron chi connectivity index (χ0n) is 12.4. The van der Waals surface area contributed by atoms with Crippen molar-refractivity contribution >= 4 is 0 Å². The van der Waals surface area contributed by atoms with Crippen molar-refractivity contribution in [3.05, 3.63) is 35.6 Å². The van der Waals surface area contributed by atoms with E-state index in [-0.39, 0.29) is 17.9 Å². The molecular weight excluding hydrogens is 271 g/mol. The summed E-state index contributed by atoms with van der Waals surface area (Å²) in [4.78, 5) is 2.27. The van der Waals surface area contributed by atoms with Gasteiger partial charge in [-0.25, -0.2) is 4.39 Å². The zero-order chi connectivity index (χ0) is 14.9. The second-order valence-corrected chi connectivity index (χ2v) is 6.04. The Morgan fingerprint density at radius 3 is 2.76 bits per heavy atom. The molecule has 2 saturated heterocycles. The molecule has 2 atom stereocenters. The highest BCUT2D eigenvalue weighted by Gasteiger charge is 2.43. The summed E-state index contributed by atoms with van der Waals surface area (Å²) in [6.07, 6.45) is 1.91. The van der Waals surface area contributed by atoms with Gasteiger partial charge in [-0.05, 0) is 37.6 Å². The largest absolute Gasteiger partial charge is 0.346 e. The molecule has 0 bridgehead atoms. The second-order valence-electron chi connectivity index (χ2n) is 6.04. The van der Waals surface area contributed by atoms with Crippen molar-refractivity contribution < 1.29 is 13.9 Å². The van der Waals surface area contributed by atoms with Gasteiger partial charge in [-0.1, -0.05) is 12.1 Å². The van der Waals surface area contributed by atoms with E-state index in [4.69, 9.17) is 15.2 Å². The minimum atomic E-state index is -0.487. The minimum Gasteiger partial charge on any atom is -0.346 e. The van der Waals surface area contributed by atoms with Crippen LogP contribution in [-0.4, -0.2) is 43.0 Å². The first kappa shape index (κ1) is 14.9. The smallest absolute Gasteiger partial charge is 0.181 e. The Morgan fingerprint density at radius 2 is 2.10 bits per heavy atom. The van der Waals surface area contributed by atoms with Crippen LogP contribution in [0.5, 0.6) is 0 Å². The van der Waals surface area contributed by atoms with Crippen LogP contribution in [-0.2, 0) is 9.47 Å². The summed E-state index contributed by atoms with van der Waals surface area (Å²) >= 11 is 0. The lowest BCUT2D eigenvalue weighted by molar-refractivity contribution is -0.194. The van der Waals surface area contributed by atoms with Crippen LogP contribution in [0.4, 0.5) is 4.39 Å². The molecule has 3 rings (SSSR count). The first-order valence-electron chi connectivity index (χ1n) is 7.63. The molecule has 2 unspecified atom stereocenters. The SMILES string of the molecule is CC(N)C(c1cccc(F)c1)N1CCCC2(C1)OCCO2. The van der Waals surface area contributed by atoms with Crippen molar-refractivity contribution in [2.24, 2.45) is 5.73 Å². The van der Waals surface area contributed by atoms with Gasteiger partial charge < -0.3 is 15.2 Å². The van der Waals surface area contributed by atoms with E-state index in [1.54, 1.807) is 12.1 Å². The van der Waals surface area contributed by atoms with Crippen molar-refractivity contribution in [2.45, 2.75) is 37.6 Å². The van der Waals surface area contributed by atoms with Crippen LogP contribution in [0.3, 0.4) is 0 Å². The number of nitrogens with two attached hydrogens (primary N) is 1. The Kier molecular flexibility index (Phi) is 4.26. The van der Waals surface area contributed by atoms with Crippen LogP contribution < -0.4 is 5.73 Å². The van der Waals surface area contributed by atoms with E-state index >= 15 is 0 Å². The molecule has 5 heteroatoms. The molecule has 0 aliphatic carbocycles. The van der Waals surface area contributed by atoms with Gasteiger partial charge >= 0.3 is 0 Å². The molecule has 0 amide bonds. The molecule has 2 aliphatic heterocycles. The molecule has 0 radical (unpaired) electrons. The number of nitrogens with zero attached hydrogens (tertiary/aromatic N) is 1. The van der Waals surface area contributed by atoms with E-state index in [1.807, 2.05) is 13.0 Å². The summed E-state index contributed by atoms with van der Waals surface area (Å²) < 4.78 is 25.2. The maximum Gasteiger partial charge on any atom is 0.181 e. The van der Waals surface area contributed by atoms with Gasteiger partial charge in [0.2, 0.25) is 0 Å². The predicted octanol–water partition coefficient (Wildman–Crippen LogP) is 2.05. The number of piperidine rings is 1. The van der Waals surface area contributed by atoms with E-state index in [1.165, 1.54) is 6.07 Å². The first-order valence-corrected chi connectivity index (χ1v) is 7.63. The Balaban J connectivity index is 1.83. The number of benzene rings is 1. The van der Waals surface area contributed by atoms with E-state index < -0.39 is 5.79 Å². The highest BCUT2D eigenvalue weighted by atomic mass is 19.1. The summed E-state index contributed by atoms with van der Waals surface area (Å²) in [6, 6.07) is 6.60. The van der Waals surface area contributed by atoms with Gasteiger partial charge in [-0.3, -0.25) is 4.90 Å². The number of ether oxygens (including phenoxy) is 2. The Bertz CT molecular complexity index is 489. The molecule has 21 heavy (non-hydrogen) atoms. The van der Waals surface area contributed by atoms with Gasteiger partial charge in [0.15, 0.2) is 5.79 Å². The average molecular weight is 294 g/mol. The average Bonchev–Trinajstić information content (AvgIpc) is 2.87. The first-order chi connectivity index (χ1) is 10.1. The summed E-state index contributed by atoms with van der Waals surface area (Å²) in [7, 11) is 0. The monoisotopic (exact) mass is 294 g/mol. The van der Waals surface area contributed by atoms with E-state index in [0.717, 1.165) is 24.9 Å². The van der Waals surface area contributed by atoms with Gasteiger partial charge in [0.05, 0.1) is 19.8 Å². The van der Waals surface area contributed by atoms with Gasteiger partial charge in [0.25, 0.3) is 0 Å². The molecule has 116 valence electrons. The third-order valence-corrected chi connectivity index (χ3v) is 4.34. The van der Waals surface area contributed by atoms with Crippen LogP contribution in [0.25, 0.3) is 0 Å². The number of rotatable bonds is 3. The maximum atomic E-state index is 13.5. The Morgan fingerprint density at radius 1 is 1.33 bits per heavy atom. The topological polar surface area (TPSA) is 47.7 Å². The van der Waals surface area contributed by atoms with Crippen LogP contribution >= 0.6 is 0 Å². The van der Waals surface area contributed by atoms with E-state index in [2.05, 4.69) is 4.90 Å². The lowest BCUT2D eigenvalue weighted by Gasteiger charge is -2.43. The molecule has 2 fully saturated rings. The minimum absolute atomic E-state index is 0.0225. The molecule has 1 spiro atoms. The Labute approximate surface area is 125 Å². The van der Waals surface area contributed by atoms with Crippen LogP contribution in [0.1, 0.15) is 31.4 Å². The molecule has 2 aliphatic rings. The summed E-state index contributed by atoms with van der Waals surface area (Å²) in [5.74, 6) is -0.711. The van der Waals surface area contributed by atoms with Gasteiger partial charge in [0, 0.05) is 18.5 Å². The molecule has 1 aromatic carbocycles. The van der Waals surface area contributed by atoms with Crippen molar-refractivity contribution in [1.29, 1.82) is 0 Å². The number of likely N-dealkylation sites (tertiary alicyclic amines) is 1. The second kappa shape index (κ2) is 6.01. The third-order valence-electron chi connectivity index (χ3n) is 4.34. The van der Waals surface area contributed by atoms with Crippen LogP contribution in [0.2, 0.25) is 0 Å². The lowest BCUT2D eigenvalue weighted by Crippen LogP contribution is -2.52. The molecule has 0 aromatic heterocycles. The molecule has 4 nitrogen and oxygen atoms in total. The van der Waals surface area contributed by atoms with Gasteiger partial charge in [0.1, 0.15) is 5.82 Å². The van der Waals surface area contributed by atoms with E-state index in [9.17, 15) is 4.39 Å². The fourth-order valence-corrected chi connectivity index (χ4v) is 3.53. The Hall–Kier alpha value is -1.01. The number of hydrogen-bond donors (Lipinski definition) is 1. The molecule has 1 aromatic rings. The molecule has 2 heterocycles. The van der Waals surface area contributed by atoms with Crippen molar-refractivity contribution in [3.8, 4) is 0 Å². The van der Waals surface area contributed by atoms with Crippen molar-refractivity contribution in [1.82, 2.24) is 4.90 Å². The standard InChI is InChI=1S/C16H23FN2O2/c1-12(18)15(13-4-2-5-14(17)10-13)19-7-3-6-16(11-19)20-8-9-21-16/h2,4-5,10,12,15H,3,6-9,11,18H2,1H3. The molecular formula is C16H23FN2O2. The fraction of sp³-hybridized carbons (Fsp3) is 0.625. The normalized spacial score (nSPS) is 25.1. The number of hydrogen-bond acceptors (Lipinski definition) is 4. The number of halogens is 1. The van der Waals surface area contributed by atoms with E-state index in [0.29, 0.717) is 19.8 Å². The summed E-state index contributed by atoms with van der Waals surface area (Å²) in [5.41, 5.74) is 7.11. The fourth-order valence-electron chi connectivity index (χ4n) is 3.53. The van der Waals surface area contributed by atoms with Crippen molar-refractivity contribution in [2.75, 3.05) is 26.3 Å². The zero-order valence-corrected chi connectivity index (χ0v) is 12.4. The molecule has 2 N–H and O–H groups in total. The quantitative estimate of drug-likeness (QED) is 0.927. The van der Waals surface area contributed by atoms with Gasteiger partial charge in [-0.2, -0.15) is 0 Å². The van der Waals surface area contributed by atoms with Crippen molar-refractivity contribution in [3.63, 3.8) is 0 Å². The highest BCUT2D eigenvalue weighted by Crippen LogP contribution is 2.35. The predicted molar refractivity (Wildman–Crippen MR) is 78.2 cm³/mol. The van der Waals surface area contributed by atoms with Crippen LogP contribution in [0.15, 0.2) is 24.3 Å². The highest BCUT2D eigenvalue weighted by molar-refractivity contribution is 5.22. The summed E-state index contributed by atoms with van der Waals surface area (Å²) in [6.45, 7) is 4.88. The van der Waals surface area contributed by atoms with Crippen LogP contribution in [0, 0.1) is 5.82 Å². The molecule has 0 saturated carbocycles.